The van der Waals surface area contributed by atoms with E-state index in [0.29, 0.717) is 0 Å². The lowest BCUT2D eigenvalue weighted by Gasteiger charge is -2.34. The van der Waals surface area contributed by atoms with Crippen LogP contribution in [0.15, 0.2) is 11.6 Å². The Morgan fingerprint density at radius 1 is 1.28 bits per heavy atom. The Hall–Kier alpha value is -0.410. The van der Waals surface area contributed by atoms with E-state index >= 15 is 0 Å². The molecular weight excluding hydrogens is 240 g/mol. The van der Waals surface area contributed by atoms with Crippen molar-refractivity contribution in [3.8, 4) is 0 Å². The van der Waals surface area contributed by atoms with Crippen molar-refractivity contribution < 1.29 is 0 Å². The average Bonchev–Trinajstić information content (AvgIpc) is 2.80. The number of hydrogen-bond donors (Lipinski definition) is 1. The van der Waals surface area contributed by atoms with Gasteiger partial charge in [-0.05, 0) is 52.0 Å². The number of aromatic nitrogens is 1. The summed E-state index contributed by atoms with van der Waals surface area (Å²) >= 11 is 1.81. The fourth-order valence-electron chi connectivity index (χ4n) is 2.84. The summed E-state index contributed by atoms with van der Waals surface area (Å²) < 4.78 is 0. The molecule has 0 aromatic carbocycles. The highest BCUT2D eigenvalue weighted by molar-refractivity contribution is 7.09. The first-order valence-electron chi connectivity index (χ1n) is 7.18. The molecule has 1 N–H and O–H groups in total. The zero-order valence-corrected chi connectivity index (χ0v) is 12.7. The van der Waals surface area contributed by atoms with Gasteiger partial charge in [0.2, 0.25) is 0 Å². The van der Waals surface area contributed by atoms with E-state index in [9.17, 15) is 0 Å². The molecule has 0 aliphatic heterocycles. The summed E-state index contributed by atoms with van der Waals surface area (Å²) in [5.74, 6) is 1.67. The van der Waals surface area contributed by atoms with E-state index < -0.39 is 0 Å². The molecule has 3 heteroatoms. The molecule has 1 aromatic rings. The number of nitrogens with zero attached hydrogens (tertiary/aromatic N) is 1. The van der Waals surface area contributed by atoms with Gasteiger partial charge < -0.3 is 5.32 Å². The van der Waals surface area contributed by atoms with E-state index in [1.54, 1.807) is 0 Å². The van der Waals surface area contributed by atoms with Crippen LogP contribution in [0.25, 0.3) is 0 Å². The Morgan fingerprint density at radius 3 is 2.61 bits per heavy atom. The minimum absolute atomic E-state index is 0.239. The molecule has 0 saturated heterocycles. The summed E-state index contributed by atoms with van der Waals surface area (Å²) in [5.41, 5.74) is 0.239. The second-order valence-electron chi connectivity index (χ2n) is 6.57. The Labute approximate surface area is 115 Å². The van der Waals surface area contributed by atoms with Crippen LogP contribution in [0, 0.1) is 11.8 Å². The van der Waals surface area contributed by atoms with E-state index in [1.165, 1.54) is 43.7 Å². The van der Waals surface area contributed by atoms with Gasteiger partial charge in [0.05, 0.1) is 5.01 Å². The van der Waals surface area contributed by atoms with E-state index in [-0.39, 0.29) is 5.54 Å². The third kappa shape index (κ3) is 4.36. The highest BCUT2D eigenvalue weighted by Gasteiger charge is 2.26. The molecule has 2 nitrogen and oxygen atoms in total. The quantitative estimate of drug-likeness (QED) is 0.894. The molecule has 0 radical (unpaired) electrons. The SMILES string of the molecule is CC(C)(C)NCC1CCCCC1Cc1nccs1. The number of thiazole rings is 1. The van der Waals surface area contributed by atoms with Crippen LogP contribution in [0.5, 0.6) is 0 Å². The van der Waals surface area contributed by atoms with Gasteiger partial charge in [-0.3, -0.25) is 0 Å². The second-order valence-corrected chi connectivity index (χ2v) is 7.54. The lowest BCUT2D eigenvalue weighted by Crippen LogP contribution is -2.41. The van der Waals surface area contributed by atoms with E-state index in [4.69, 9.17) is 0 Å². The van der Waals surface area contributed by atoms with Gasteiger partial charge in [0.25, 0.3) is 0 Å². The molecule has 1 heterocycles. The summed E-state index contributed by atoms with van der Waals surface area (Å²) in [7, 11) is 0. The maximum Gasteiger partial charge on any atom is 0.0927 e. The monoisotopic (exact) mass is 266 g/mol. The van der Waals surface area contributed by atoms with Gasteiger partial charge in [0.15, 0.2) is 0 Å². The number of hydrogen-bond acceptors (Lipinski definition) is 3. The van der Waals surface area contributed by atoms with Crippen molar-refractivity contribution in [2.45, 2.75) is 58.4 Å². The van der Waals surface area contributed by atoms with Crippen LogP contribution in [0.4, 0.5) is 0 Å². The van der Waals surface area contributed by atoms with Crippen molar-refractivity contribution in [2.75, 3.05) is 6.54 Å². The van der Waals surface area contributed by atoms with Crippen LogP contribution in [-0.4, -0.2) is 17.1 Å². The Bertz CT molecular complexity index is 340. The molecule has 1 saturated carbocycles. The standard InChI is InChI=1S/C15H26N2S/c1-15(2,3)17-11-13-7-5-4-6-12(13)10-14-16-8-9-18-14/h8-9,12-13,17H,4-7,10-11H2,1-3H3. The van der Waals surface area contributed by atoms with Crippen LogP contribution < -0.4 is 5.32 Å². The van der Waals surface area contributed by atoms with Crippen LogP contribution in [0.3, 0.4) is 0 Å². The molecule has 0 bridgehead atoms. The zero-order valence-electron chi connectivity index (χ0n) is 11.9. The molecule has 2 atom stereocenters. The van der Waals surface area contributed by atoms with Gasteiger partial charge in [0, 0.05) is 23.5 Å². The van der Waals surface area contributed by atoms with Crippen molar-refractivity contribution in [1.82, 2.24) is 10.3 Å². The zero-order chi connectivity index (χ0) is 13.0. The largest absolute Gasteiger partial charge is 0.312 e. The first kappa shape index (κ1) is 14.0. The molecule has 1 fully saturated rings. The minimum Gasteiger partial charge on any atom is -0.312 e. The highest BCUT2D eigenvalue weighted by atomic mass is 32.1. The maximum absolute atomic E-state index is 4.45. The van der Waals surface area contributed by atoms with Crippen LogP contribution >= 0.6 is 11.3 Å². The van der Waals surface area contributed by atoms with E-state index in [0.717, 1.165) is 11.8 Å². The molecule has 102 valence electrons. The van der Waals surface area contributed by atoms with Crippen LogP contribution in [-0.2, 0) is 6.42 Å². The molecule has 0 amide bonds. The lowest BCUT2D eigenvalue weighted by atomic mass is 9.77. The Morgan fingerprint density at radius 2 is 2.00 bits per heavy atom. The Balaban J connectivity index is 1.89. The summed E-state index contributed by atoms with van der Waals surface area (Å²) in [6.07, 6.45) is 8.71. The highest BCUT2D eigenvalue weighted by Crippen LogP contribution is 2.32. The number of rotatable bonds is 4. The predicted molar refractivity (Wildman–Crippen MR) is 79.0 cm³/mol. The first-order valence-corrected chi connectivity index (χ1v) is 8.06. The Kier molecular flexibility index (Phi) is 4.79. The lowest BCUT2D eigenvalue weighted by molar-refractivity contribution is 0.213. The van der Waals surface area contributed by atoms with Crippen LogP contribution in [0.1, 0.15) is 51.5 Å². The number of nitrogens with one attached hydrogen (secondary N) is 1. The molecular formula is C15H26N2S. The van der Waals surface area contributed by atoms with Crippen molar-refractivity contribution in [3.05, 3.63) is 16.6 Å². The van der Waals surface area contributed by atoms with E-state index in [2.05, 4.69) is 36.5 Å². The van der Waals surface area contributed by atoms with Crippen LogP contribution in [0.2, 0.25) is 0 Å². The molecule has 1 aliphatic carbocycles. The summed E-state index contributed by atoms with van der Waals surface area (Å²) in [6.45, 7) is 7.93. The van der Waals surface area contributed by atoms with Gasteiger partial charge in [-0.1, -0.05) is 12.8 Å². The van der Waals surface area contributed by atoms with Crippen molar-refractivity contribution in [1.29, 1.82) is 0 Å². The summed E-state index contributed by atoms with van der Waals surface area (Å²) in [5, 5.41) is 7.10. The van der Waals surface area contributed by atoms with Gasteiger partial charge in [-0.15, -0.1) is 11.3 Å². The minimum atomic E-state index is 0.239. The summed E-state index contributed by atoms with van der Waals surface area (Å²) in [6, 6.07) is 0. The van der Waals surface area contributed by atoms with Gasteiger partial charge in [-0.2, -0.15) is 0 Å². The van der Waals surface area contributed by atoms with Crippen molar-refractivity contribution >= 4 is 11.3 Å². The molecule has 0 spiro atoms. The third-order valence-electron chi connectivity index (χ3n) is 3.88. The average molecular weight is 266 g/mol. The van der Waals surface area contributed by atoms with Gasteiger partial charge >= 0.3 is 0 Å². The molecule has 1 aliphatic rings. The fourth-order valence-corrected chi connectivity index (χ4v) is 3.55. The summed E-state index contributed by atoms with van der Waals surface area (Å²) in [4.78, 5) is 4.45. The van der Waals surface area contributed by atoms with Gasteiger partial charge in [-0.25, -0.2) is 4.98 Å². The maximum atomic E-state index is 4.45. The topological polar surface area (TPSA) is 24.9 Å². The molecule has 2 rings (SSSR count). The molecule has 2 unspecified atom stereocenters. The fraction of sp³-hybridized carbons (Fsp3) is 0.800. The third-order valence-corrected chi connectivity index (χ3v) is 4.68. The predicted octanol–water partition coefficient (Wildman–Crippen LogP) is 3.88. The van der Waals surface area contributed by atoms with Gasteiger partial charge in [0.1, 0.15) is 0 Å². The second kappa shape index (κ2) is 6.16. The van der Waals surface area contributed by atoms with Crippen molar-refractivity contribution in [2.24, 2.45) is 11.8 Å². The van der Waals surface area contributed by atoms with Crippen molar-refractivity contribution in [3.63, 3.8) is 0 Å². The smallest absolute Gasteiger partial charge is 0.0927 e. The van der Waals surface area contributed by atoms with E-state index in [1.807, 2.05) is 17.5 Å². The molecule has 18 heavy (non-hydrogen) atoms. The first-order chi connectivity index (χ1) is 8.54. The normalized spacial score (nSPS) is 25.3. The molecule has 1 aromatic heterocycles.